The van der Waals surface area contributed by atoms with Gasteiger partial charge in [0.2, 0.25) is 0 Å². The first-order chi connectivity index (χ1) is 6.20. The molecule has 0 saturated carbocycles. The summed E-state index contributed by atoms with van der Waals surface area (Å²) in [7, 11) is 0. The Morgan fingerprint density at radius 1 is 1.38 bits per heavy atom. The number of aromatic amines is 1. The van der Waals surface area contributed by atoms with Crippen LogP contribution in [0.25, 0.3) is 11.3 Å². The van der Waals surface area contributed by atoms with Gasteiger partial charge >= 0.3 is 0 Å². The van der Waals surface area contributed by atoms with Crippen molar-refractivity contribution in [3.8, 4) is 11.3 Å². The van der Waals surface area contributed by atoms with Gasteiger partial charge in [0.1, 0.15) is 5.82 Å². The Morgan fingerprint density at radius 2 is 2.15 bits per heavy atom. The first kappa shape index (κ1) is 8.31. The summed E-state index contributed by atoms with van der Waals surface area (Å²) in [5.74, 6) is 0.584. The summed E-state index contributed by atoms with van der Waals surface area (Å²) in [6.45, 7) is 4.06. The molecule has 68 valence electrons. The van der Waals surface area contributed by atoms with Crippen molar-refractivity contribution in [2.45, 2.75) is 13.8 Å². The smallest absolute Gasteiger partial charge is 0.148 e. The quantitative estimate of drug-likeness (QED) is 0.730. The lowest BCUT2D eigenvalue weighted by Gasteiger charge is -1.96. The highest BCUT2D eigenvalue weighted by atomic mass is 32.1. The van der Waals surface area contributed by atoms with Gasteiger partial charge in [-0.1, -0.05) is 0 Å². The maximum Gasteiger partial charge on any atom is 0.148 e. The molecule has 0 aliphatic heterocycles. The maximum absolute atomic E-state index is 5.66. The highest BCUT2D eigenvalue weighted by Crippen LogP contribution is 2.29. The Bertz CT molecular complexity index is 428. The van der Waals surface area contributed by atoms with Gasteiger partial charge in [-0.05, 0) is 24.8 Å². The first-order valence-corrected chi connectivity index (χ1v) is 4.98. The number of nitrogens with zero attached hydrogens (tertiary/aromatic N) is 1. The van der Waals surface area contributed by atoms with Crippen LogP contribution in [0.2, 0.25) is 0 Å². The molecule has 0 aliphatic rings. The molecular formula is C9H11N3S. The molecule has 0 radical (unpaired) electrons. The van der Waals surface area contributed by atoms with E-state index in [4.69, 9.17) is 5.73 Å². The van der Waals surface area contributed by atoms with Gasteiger partial charge in [0.15, 0.2) is 0 Å². The average molecular weight is 193 g/mol. The number of nitrogens with two attached hydrogens (primary N) is 1. The number of H-pyrrole nitrogens is 1. The van der Waals surface area contributed by atoms with Crippen molar-refractivity contribution in [1.82, 2.24) is 10.2 Å². The van der Waals surface area contributed by atoms with E-state index < -0.39 is 0 Å². The lowest BCUT2D eigenvalue weighted by Crippen LogP contribution is -1.86. The second-order valence-electron chi connectivity index (χ2n) is 3.08. The summed E-state index contributed by atoms with van der Waals surface area (Å²) in [6.07, 6.45) is 0. The maximum atomic E-state index is 5.66. The first-order valence-electron chi connectivity index (χ1n) is 4.03. The Labute approximate surface area is 80.6 Å². The summed E-state index contributed by atoms with van der Waals surface area (Å²) in [5, 5.41) is 11.1. The fourth-order valence-electron chi connectivity index (χ4n) is 1.29. The van der Waals surface area contributed by atoms with Crippen molar-refractivity contribution in [3.63, 3.8) is 0 Å². The molecule has 0 spiro atoms. The number of hydrogen-bond acceptors (Lipinski definition) is 3. The molecule has 2 heterocycles. The number of anilines is 1. The number of nitrogens with one attached hydrogen (secondary N) is 1. The minimum atomic E-state index is 0.584. The average Bonchev–Trinajstić information content (AvgIpc) is 2.62. The van der Waals surface area contributed by atoms with E-state index in [1.807, 2.05) is 6.92 Å². The number of hydrogen-bond donors (Lipinski definition) is 2. The monoisotopic (exact) mass is 193 g/mol. The fourth-order valence-corrected chi connectivity index (χ4v) is 2.13. The van der Waals surface area contributed by atoms with E-state index in [-0.39, 0.29) is 0 Å². The van der Waals surface area contributed by atoms with Crippen LogP contribution in [0.3, 0.4) is 0 Å². The second-order valence-corrected chi connectivity index (χ2v) is 3.82. The topological polar surface area (TPSA) is 54.7 Å². The molecule has 0 amide bonds. The molecule has 0 atom stereocenters. The number of aromatic nitrogens is 2. The van der Waals surface area contributed by atoms with E-state index >= 15 is 0 Å². The SMILES string of the molecule is Cc1cscc1-c1[nH]nc(N)c1C. The van der Waals surface area contributed by atoms with E-state index in [1.165, 1.54) is 11.1 Å². The third-order valence-electron chi connectivity index (χ3n) is 2.17. The van der Waals surface area contributed by atoms with E-state index in [0.29, 0.717) is 5.82 Å². The third-order valence-corrected chi connectivity index (χ3v) is 3.03. The van der Waals surface area contributed by atoms with Gasteiger partial charge in [-0.3, -0.25) is 5.10 Å². The standard InChI is InChI=1S/C9H11N3S/c1-5-3-13-4-7(5)8-6(2)9(10)12-11-8/h3-4H,1-2H3,(H3,10,11,12). The zero-order valence-corrected chi connectivity index (χ0v) is 8.40. The number of aryl methyl sites for hydroxylation is 1. The predicted octanol–water partition coefficient (Wildman–Crippen LogP) is 2.34. The minimum absolute atomic E-state index is 0.584. The molecule has 4 heteroatoms. The molecular weight excluding hydrogens is 182 g/mol. The molecule has 0 aromatic carbocycles. The fraction of sp³-hybridized carbons (Fsp3) is 0.222. The molecule has 0 unspecified atom stereocenters. The molecule has 13 heavy (non-hydrogen) atoms. The molecule has 0 fully saturated rings. The van der Waals surface area contributed by atoms with Gasteiger partial charge in [0.25, 0.3) is 0 Å². The van der Waals surface area contributed by atoms with Crippen LogP contribution in [0.5, 0.6) is 0 Å². The summed E-state index contributed by atoms with van der Waals surface area (Å²) in [5.41, 5.74) is 10.2. The van der Waals surface area contributed by atoms with Crippen molar-refractivity contribution in [3.05, 3.63) is 21.9 Å². The number of thiophene rings is 1. The van der Waals surface area contributed by atoms with Crippen LogP contribution >= 0.6 is 11.3 Å². The van der Waals surface area contributed by atoms with Crippen LogP contribution in [-0.2, 0) is 0 Å². The van der Waals surface area contributed by atoms with E-state index in [0.717, 1.165) is 11.3 Å². The van der Waals surface area contributed by atoms with Crippen LogP contribution < -0.4 is 5.73 Å². The Kier molecular flexibility index (Phi) is 1.84. The van der Waals surface area contributed by atoms with Crippen molar-refractivity contribution in [2.75, 3.05) is 5.73 Å². The summed E-state index contributed by atoms with van der Waals surface area (Å²) in [4.78, 5) is 0. The minimum Gasteiger partial charge on any atom is -0.382 e. The molecule has 3 nitrogen and oxygen atoms in total. The molecule has 2 rings (SSSR count). The summed E-state index contributed by atoms with van der Waals surface area (Å²) < 4.78 is 0. The predicted molar refractivity (Wildman–Crippen MR) is 55.8 cm³/mol. The molecule has 0 aliphatic carbocycles. The van der Waals surface area contributed by atoms with Crippen molar-refractivity contribution < 1.29 is 0 Å². The zero-order chi connectivity index (χ0) is 9.42. The largest absolute Gasteiger partial charge is 0.382 e. The molecule has 2 aromatic rings. The van der Waals surface area contributed by atoms with E-state index in [9.17, 15) is 0 Å². The highest BCUT2D eigenvalue weighted by Gasteiger charge is 2.10. The van der Waals surface area contributed by atoms with Crippen LogP contribution in [0, 0.1) is 13.8 Å². The summed E-state index contributed by atoms with van der Waals surface area (Å²) in [6, 6.07) is 0. The number of nitrogen functional groups attached to an aromatic ring is 1. The van der Waals surface area contributed by atoms with E-state index in [1.54, 1.807) is 11.3 Å². The molecule has 0 bridgehead atoms. The van der Waals surface area contributed by atoms with E-state index in [2.05, 4.69) is 27.9 Å². The molecule has 3 N–H and O–H groups in total. The van der Waals surface area contributed by atoms with Gasteiger partial charge in [-0.25, -0.2) is 0 Å². The van der Waals surface area contributed by atoms with Gasteiger partial charge in [-0.15, -0.1) is 0 Å². The summed E-state index contributed by atoms with van der Waals surface area (Å²) >= 11 is 1.69. The van der Waals surface area contributed by atoms with Crippen LogP contribution in [-0.4, -0.2) is 10.2 Å². The molecule has 0 saturated heterocycles. The Hall–Kier alpha value is -1.29. The molecule has 2 aromatic heterocycles. The van der Waals surface area contributed by atoms with Crippen molar-refractivity contribution in [2.24, 2.45) is 0 Å². The van der Waals surface area contributed by atoms with Crippen molar-refractivity contribution in [1.29, 1.82) is 0 Å². The lowest BCUT2D eigenvalue weighted by molar-refractivity contribution is 1.10. The normalized spacial score (nSPS) is 10.6. The van der Waals surface area contributed by atoms with Crippen molar-refractivity contribution >= 4 is 17.2 Å². The highest BCUT2D eigenvalue weighted by molar-refractivity contribution is 7.08. The zero-order valence-electron chi connectivity index (χ0n) is 7.59. The Balaban J connectivity index is 2.59. The van der Waals surface area contributed by atoms with Crippen LogP contribution in [0.15, 0.2) is 10.8 Å². The van der Waals surface area contributed by atoms with Gasteiger partial charge in [0.05, 0.1) is 5.69 Å². The number of rotatable bonds is 1. The van der Waals surface area contributed by atoms with Gasteiger partial charge in [0, 0.05) is 16.5 Å². The van der Waals surface area contributed by atoms with Gasteiger partial charge in [-0.2, -0.15) is 16.4 Å². The van der Waals surface area contributed by atoms with Crippen LogP contribution in [0.1, 0.15) is 11.1 Å². The Morgan fingerprint density at radius 3 is 2.62 bits per heavy atom. The lowest BCUT2D eigenvalue weighted by atomic mass is 10.1. The van der Waals surface area contributed by atoms with Crippen LogP contribution in [0.4, 0.5) is 5.82 Å². The van der Waals surface area contributed by atoms with Gasteiger partial charge < -0.3 is 5.73 Å². The third kappa shape index (κ3) is 1.23. The second kappa shape index (κ2) is 2.88.